The molecule has 6 rings (SSSR count). The van der Waals surface area contributed by atoms with Crippen LogP contribution in [0.3, 0.4) is 0 Å². The summed E-state index contributed by atoms with van der Waals surface area (Å²) < 4.78 is 137. The van der Waals surface area contributed by atoms with E-state index in [4.69, 9.17) is 0 Å². The third kappa shape index (κ3) is 12.8. The molecule has 0 amide bonds. The molecule has 0 heterocycles. The van der Waals surface area contributed by atoms with Crippen molar-refractivity contribution in [3.8, 4) is 11.5 Å². The van der Waals surface area contributed by atoms with E-state index in [9.17, 15) is 62.1 Å². The van der Waals surface area contributed by atoms with E-state index in [1.807, 2.05) is 12.1 Å². The molecule has 18 nitrogen and oxygen atoms in total. The van der Waals surface area contributed by atoms with Crippen molar-refractivity contribution in [3.63, 3.8) is 0 Å². The van der Waals surface area contributed by atoms with Gasteiger partial charge in [-0.05, 0) is 127 Å². The van der Waals surface area contributed by atoms with E-state index in [0.717, 1.165) is 70.8 Å². The van der Waals surface area contributed by atoms with Gasteiger partial charge >= 0.3 is 118 Å². The molecule has 308 valence electrons. The first kappa shape index (κ1) is 57.4. The van der Waals surface area contributed by atoms with E-state index in [1.165, 1.54) is 0 Å². The first-order chi connectivity index (χ1) is 27.2. The fraction of sp³-hybridized carbons (Fsp3) is 0.135. The van der Waals surface area contributed by atoms with Crippen molar-refractivity contribution >= 4 is 84.8 Å². The van der Waals surface area contributed by atoms with Crippen molar-refractivity contribution in [3.05, 3.63) is 106 Å². The first-order valence-corrected chi connectivity index (χ1v) is 22.4. The number of azo groups is 2. The van der Waals surface area contributed by atoms with Gasteiger partial charge in [0.05, 0.1) is 42.3 Å². The summed E-state index contributed by atoms with van der Waals surface area (Å²) in [5.74, 6) is -2.41. The Morgan fingerprint density at radius 3 is 1.11 bits per heavy atom. The van der Waals surface area contributed by atoms with Crippen molar-refractivity contribution in [2.45, 2.75) is 53.7 Å². The van der Waals surface area contributed by atoms with Gasteiger partial charge in [-0.1, -0.05) is 35.8 Å². The van der Waals surface area contributed by atoms with Gasteiger partial charge in [0.15, 0.2) is 0 Å². The van der Waals surface area contributed by atoms with Gasteiger partial charge in [0.25, 0.3) is 20.2 Å². The minimum Gasteiger partial charge on any atom is -0.870 e. The molecule has 6 aromatic carbocycles. The molecule has 6 aromatic rings. The number of fused-ring (bicyclic) bond motifs is 2. The Morgan fingerprint density at radius 1 is 0.476 bits per heavy atom. The van der Waals surface area contributed by atoms with Gasteiger partial charge in [-0.15, -0.1) is 0 Å². The van der Waals surface area contributed by atoms with Crippen LogP contribution in [0.1, 0.15) is 33.4 Å². The number of nitrogens with zero attached hydrogens (tertiary/aromatic N) is 4. The van der Waals surface area contributed by atoms with Crippen LogP contribution in [0.4, 0.5) is 22.7 Å². The number of hydrogen-bond acceptors (Lipinski definition) is 16. The van der Waals surface area contributed by atoms with Crippen LogP contribution in [0.2, 0.25) is 0 Å². The molecule has 26 heteroatoms. The summed E-state index contributed by atoms with van der Waals surface area (Å²) in [6, 6.07) is 14.2. The van der Waals surface area contributed by atoms with E-state index in [0.29, 0.717) is 17.5 Å². The summed E-state index contributed by atoms with van der Waals surface area (Å²) in [7, 11) is -20.1. The molecular weight excluding hydrogens is 945 g/mol. The first-order valence-electron chi connectivity index (χ1n) is 16.7. The second-order valence-electron chi connectivity index (χ2n) is 13.4. The molecule has 0 atom stereocenters. The van der Waals surface area contributed by atoms with Crippen LogP contribution in [0, 0.1) is 27.7 Å². The Hall–Kier alpha value is -1.72. The molecule has 0 saturated heterocycles. The average Bonchev–Trinajstić information content (AvgIpc) is 3.11. The standard InChI is InChI=1S/C37H32N4O14S4.4Na/c1-18-11-30(38-40-34-28-7-5-26(56(44,45)46)14-24(28)16-32(36(34)42)58(50,51)52)20(3)9-22(18)13-23-10-21(4)31(12-19(23)2)39-41-35-29-8-6-27(57(47,48)49)15-25(29)17-33(37(35)43)59(53,54)55;;;;/h5-12,14-17,42-43H,13H2,1-4H3,(H,44,45,46)(H,47,48,49)(H,50,51,52)(H,53,54,55);;;;/q;4*+1/p-4. The third-order valence-corrected chi connectivity index (χ3v) is 12.7. The Labute approximate surface area is 450 Å². The van der Waals surface area contributed by atoms with Crippen LogP contribution in [0.15, 0.2) is 113 Å². The Morgan fingerprint density at radius 2 is 0.810 bits per heavy atom. The van der Waals surface area contributed by atoms with Crippen molar-refractivity contribution in [1.29, 1.82) is 0 Å². The SMILES string of the molecule is Cc1cc(N=Nc2c([O-])c(S(=O)(=O)O)cc3cc(S(=O)(=O)[O-])ccc23)c(C)cc1Cc1cc(C)c(N=Nc2c([O-])c(S(=O)(=O)O)cc3cc(S(=O)(=O)[O-])ccc23)cc1C.[Na+].[Na+].[Na+].[Na+]. The maximum Gasteiger partial charge on any atom is 1.00 e. The number of rotatable bonds is 10. The fourth-order valence-electron chi connectivity index (χ4n) is 6.27. The zero-order valence-corrected chi connectivity index (χ0v) is 46.1. The second-order valence-corrected chi connectivity index (χ2v) is 19.0. The quantitative estimate of drug-likeness (QED) is 0.0734. The van der Waals surface area contributed by atoms with E-state index < -0.39 is 82.9 Å². The van der Waals surface area contributed by atoms with E-state index in [1.54, 1.807) is 39.8 Å². The van der Waals surface area contributed by atoms with Crippen LogP contribution >= 0.6 is 0 Å². The number of hydrogen-bond donors (Lipinski definition) is 2. The van der Waals surface area contributed by atoms with Crippen LogP contribution in [-0.2, 0) is 46.9 Å². The van der Waals surface area contributed by atoms with Gasteiger partial charge in [0.2, 0.25) is 0 Å². The zero-order chi connectivity index (χ0) is 43.6. The van der Waals surface area contributed by atoms with Gasteiger partial charge in [0, 0.05) is 10.8 Å². The smallest absolute Gasteiger partial charge is 0.870 e. The molecule has 0 aliphatic rings. The number of benzene rings is 6. The second kappa shape index (κ2) is 21.5. The number of aryl methyl sites for hydroxylation is 4. The maximum absolute atomic E-state index is 13.1. The molecule has 0 aromatic heterocycles. The third-order valence-electron chi connectivity index (χ3n) is 9.35. The van der Waals surface area contributed by atoms with E-state index in [-0.39, 0.29) is 151 Å². The molecule has 0 unspecified atom stereocenters. The van der Waals surface area contributed by atoms with Crippen molar-refractivity contribution in [2.24, 2.45) is 20.5 Å². The largest absolute Gasteiger partial charge is 1.00 e. The van der Waals surface area contributed by atoms with Crippen molar-refractivity contribution in [1.82, 2.24) is 0 Å². The summed E-state index contributed by atoms with van der Waals surface area (Å²) >= 11 is 0. The Kier molecular flexibility index (Phi) is 19.6. The predicted octanol–water partition coefficient (Wildman–Crippen LogP) is -5.89. The Balaban J connectivity index is 0.00000341. The molecule has 0 radical (unpaired) electrons. The van der Waals surface area contributed by atoms with Gasteiger partial charge in [-0.25, -0.2) is 16.8 Å². The fourth-order valence-corrected chi connectivity index (χ4v) is 8.49. The van der Waals surface area contributed by atoms with Crippen LogP contribution in [0.5, 0.6) is 11.5 Å². The van der Waals surface area contributed by atoms with E-state index >= 15 is 0 Å². The molecule has 2 N–H and O–H groups in total. The maximum atomic E-state index is 13.1. The molecule has 63 heavy (non-hydrogen) atoms. The van der Waals surface area contributed by atoms with Gasteiger partial charge < -0.3 is 19.3 Å². The molecular formula is C37H28N4Na4O14S4. The van der Waals surface area contributed by atoms with Gasteiger partial charge in [-0.2, -0.15) is 37.3 Å². The molecule has 0 fully saturated rings. The zero-order valence-electron chi connectivity index (χ0n) is 34.9. The summed E-state index contributed by atoms with van der Waals surface area (Å²) in [6.07, 6.45) is 0.390. The monoisotopic (exact) mass is 972 g/mol. The molecule has 0 spiro atoms. The molecule has 0 aliphatic heterocycles. The minimum absolute atomic E-state index is 0. The van der Waals surface area contributed by atoms with Gasteiger partial charge in [0.1, 0.15) is 20.2 Å². The average molecular weight is 973 g/mol. The summed E-state index contributed by atoms with van der Waals surface area (Å²) in [4.78, 5) is -3.58. The van der Waals surface area contributed by atoms with Crippen LogP contribution in [0.25, 0.3) is 21.5 Å². The summed E-state index contributed by atoms with van der Waals surface area (Å²) in [5.41, 5.74) is 3.85. The van der Waals surface area contributed by atoms with Crippen molar-refractivity contribution in [2.75, 3.05) is 0 Å². The van der Waals surface area contributed by atoms with Crippen LogP contribution in [-0.4, -0.2) is 51.9 Å². The predicted molar refractivity (Wildman–Crippen MR) is 205 cm³/mol. The molecule has 0 saturated carbocycles. The normalized spacial score (nSPS) is 12.2. The Bertz CT molecular complexity index is 3110. The minimum atomic E-state index is -5.10. The van der Waals surface area contributed by atoms with Gasteiger partial charge in [-0.3, -0.25) is 9.11 Å². The molecule has 0 aliphatic carbocycles. The van der Waals surface area contributed by atoms with E-state index in [2.05, 4.69) is 20.5 Å². The van der Waals surface area contributed by atoms with Crippen molar-refractivity contribution < 1.29 is 180 Å². The molecule has 0 bridgehead atoms. The summed E-state index contributed by atoms with van der Waals surface area (Å²) in [5, 5.41) is 42.2. The summed E-state index contributed by atoms with van der Waals surface area (Å²) in [6.45, 7) is 7.00. The topological polar surface area (TPSA) is 319 Å². The van der Waals surface area contributed by atoms with Crippen LogP contribution < -0.4 is 128 Å².